The average Bonchev–Trinajstić information content (AvgIpc) is 3.79. The minimum absolute atomic E-state index is 0. The molecule has 0 amide bonds. The molecular weight excluding hydrogens is 862 g/mol. The molecule has 0 fully saturated rings. The highest BCUT2D eigenvalue weighted by Crippen LogP contribution is 2.35. The molecule has 64 heavy (non-hydrogen) atoms. The van der Waals surface area contributed by atoms with Crippen LogP contribution in [0.2, 0.25) is 5.28 Å². The van der Waals surface area contributed by atoms with Crippen LogP contribution in [-0.2, 0) is 14.1 Å². The fraction of sp³-hybridized carbons (Fsp3) is 0.171. The van der Waals surface area contributed by atoms with Crippen LogP contribution < -0.4 is 30.0 Å². The van der Waals surface area contributed by atoms with Crippen molar-refractivity contribution in [3.05, 3.63) is 123 Å². The summed E-state index contributed by atoms with van der Waals surface area (Å²) in [6.07, 6.45) is 6.57. The summed E-state index contributed by atoms with van der Waals surface area (Å²) in [5, 5.41) is 26.3. The van der Waals surface area contributed by atoms with Crippen LogP contribution in [0.3, 0.4) is 0 Å². The normalized spacial score (nSPS) is 10.5. The molecule has 332 valence electrons. The van der Waals surface area contributed by atoms with E-state index in [0.717, 1.165) is 62.9 Å². The maximum Gasteiger partial charge on any atom is 0.307 e. The Hall–Kier alpha value is -8.27. The minimum Gasteiger partial charge on any atom is -0.497 e. The van der Waals surface area contributed by atoms with Crippen molar-refractivity contribution in [1.82, 2.24) is 39.0 Å². The van der Waals surface area contributed by atoms with E-state index in [2.05, 4.69) is 40.0 Å². The molecule has 0 unspecified atom stereocenters. The van der Waals surface area contributed by atoms with Crippen molar-refractivity contribution in [2.24, 2.45) is 14.1 Å². The lowest BCUT2D eigenvalue weighted by Gasteiger charge is -2.10. The summed E-state index contributed by atoms with van der Waals surface area (Å²) in [5.74, 6) is 0.721. The second kappa shape index (κ2) is 20.1. The van der Waals surface area contributed by atoms with Crippen molar-refractivity contribution in [2.75, 3.05) is 39.5 Å². The lowest BCUT2D eigenvalue weighted by molar-refractivity contribution is -0.387. The molecular formula is C41H39ClF2N12O8. The Bertz CT molecular complexity index is 3010. The van der Waals surface area contributed by atoms with Crippen LogP contribution in [0.1, 0.15) is 7.43 Å². The fourth-order valence-electron chi connectivity index (χ4n) is 6.19. The number of methoxy groups -OCH3 is 4. The number of rotatable bonds is 10. The third kappa shape index (κ3) is 10.1. The number of aryl methyl sites for hydroxylation is 2. The number of nitro benzene ring substituents is 2. The molecule has 4 aromatic carbocycles. The largest absolute Gasteiger partial charge is 0.497 e. The number of hydrogen-bond acceptors (Lipinski definition) is 16. The van der Waals surface area contributed by atoms with Gasteiger partial charge in [-0.2, -0.15) is 18.7 Å². The number of ether oxygens (including phenoxy) is 4. The highest BCUT2D eigenvalue weighted by atomic mass is 35.5. The number of fused-ring (bicyclic) bond motifs is 2. The van der Waals surface area contributed by atoms with Crippen molar-refractivity contribution in [1.29, 1.82) is 0 Å². The van der Waals surface area contributed by atoms with E-state index in [1.54, 1.807) is 14.2 Å². The molecule has 0 saturated heterocycles. The van der Waals surface area contributed by atoms with Gasteiger partial charge in [0.05, 0.1) is 49.7 Å². The molecule has 4 aromatic heterocycles. The molecule has 23 heteroatoms. The van der Waals surface area contributed by atoms with Gasteiger partial charge >= 0.3 is 11.4 Å². The summed E-state index contributed by atoms with van der Waals surface area (Å²) in [5.41, 5.74) is 7.86. The van der Waals surface area contributed by atoms with E-state index in [0.29, 0.717) is 17.4 Å². The monoisotopic (exact) mass is 900 g/mol. The first-order valence-electron chi connectivity index (χ1n) is 18.0. The van der Waals surface area contributed by atoms with Gasteiger partial charge in [-0.3, -0.25) is 20.2 Å². The summed E-state index contributed by atoms with van der Waals surface area (Å²) in [7, 11) is 9.74. The van der Waals surface area contributed by atoms with Crippen molar-refractivity contribution < 1.29 is 37.6 Å². The molecule has 0 bridgehead atoms. The molecule has 0 spiro atoms. The van der Waals surface area contributed by atoms with Crippen molar-refractivity contribution in [2.45, 2.75) is 7.43 Å². The van der Waals surface area contributed by atoms with Crippen LogP contribution in [0.4, 0.5) is 37.5 Å². The first kappa shape index (κ1) is 46.8. The summed E-state index contributed by atoms with van der Waals surface area (Å²) in [6.45, 7) is 0. The van der Waals surface area contributed by atoms with E-state index in [4.69, 9.17) is 31.5 Å². The van der Waals surface area contributed by atoms with Gasteiger partial charge in [0.15, 0.2) is 11.6 Å². The fourth-order valence-corrected chi connectivity index (χ4v) is 6.32. The predicted molar refractivity (Wildman–Crippen MR) is 235 cm³/mol. The minimum atomic E-state index is -1.01. The Morgan fingerprint density at radius 1 is 0.672 bits per heavy atom. The smallest absolute Gasteiger partial charge is 0.307 e. The molecule has 3 N–H and O–H groups in total. The highest BCUT2D eigenvalue weighted by Gasteiger charge is 2.21. The Morgan fingerprint density at radius 3 is 1.64 bits per heavy atom. The van der Waals surface area contributed by atoms with Gasteiger partial charge in [-0.1, -0.05) is 7.43 Å². The number of halogens is 3. The molecule has 20 nitrogen and oxygen atoms in total. The SMILES string of the molecule is C.COc1cc(F)c([N+](=O)[O-])cc1N.COc1ccc2c(c1)c(-c1ncnc(Cl)n1)cn2C.COc1ccc2c(c1)c(-c1ncnc(Nc3cc([N+](=O)[O-])c(F)cc3OC)n1)cn2C. The Morgan fingerprint density at radius 2 is 1.16 bits per heavy atom. The predicted octanol–water partition coefficient (Wildman–Crippen LogP) is 8.49. The lowest BCUT2D eigenvalue weighted by Crippen LogP contribution is -2.03. The van der Waals surface area contributed by atoms with Crippen LogP contribution in [0, 0.1) is 31.9 Å². The van der Waals surface area contributed by atoms with Crippen molar-refractivity contribution in [3.63, 3.8) is 0 Å². The first-order chi connectivity index (χ1) is 30.1. The maximum absolute atomic E-state index is 13.9. The quantitative estimate of drug-likeness (QED) is 0.0741. The number of nitrogens with zero attached hydrogens (tertiary/aromatic N) is 10. The van der Waals surface area contributed by atoms with E-state index in [-0.39, 0.29) is 41.5 Å². The summed E-state index contributed by atoms with van der Waals surface area (Å²) in [6, 6.07) is 15.3. The molecule has 0 aliphatic rings. The Balaban J connectivity index is 0.000000199. The second-order valence-corrected chi connectivity index (χ2v) is 13.3. The standard InChI is InChI=1S/C20H17FN6O4.C13H11ClN4O.C7H7FN2O3.CH4/c1-26-9-13(12-6-11(30-2)4-5-16(12)26)19-22-10-23-20(25-19)24-15-8-17(27(28)29)14(21)7-18(15)31-3;1-18-6-10(12-15-7-16-13(14)17-12)9-5-8(19-2)3-4-11(9)18;1-13-7-2-4(8)6(10(11)12)3-5(7)9;/h4-10H,1-3H3,(H,22,23,24,25);3-7H,1-2H3;2-3H,9H2,1H3;1H4. The Labute approximate surface area is 367 Å². The topological polar surface area (TPSA) is 248 Å². The van der Waals surface area contributed by atoms with Crippen LogP contribution >= 0.6 is 11.6 Å². The highest BCUT2D eigenvalue weighted by molar-refractivity contribution is 6.28. The summed E-state index contributed by atoms with van der Waals surface area (Å²) >= 11 is 5.82. The van der Waals surface area contributed by atoms with Crippen LogP contribution in [0.5, 0.6) is 23.0 Å². The van der Waals surface area contributed by atoms with E-state index < -0.39 is 32.9 Å². The first-order valence-corrected chi connectivity index (χ1v) is 18.4. The average molecular weight is 901 g/mol. The van der Waals surface area contributed by atoms with Crippen LogP contribution in [-0.4, -0.2) is 77.3 Å². The third-order valence-electron chi connectivity index (χ3n) is 9.20. The number of nitrogens with one attached hydrogen (secondary N) is 1. The van der Waals surface area contributed by atoms with Gasteiger partial charge < -0.3 is 39.1 Å². The summed E-state index contributed by atoms with van der Waals surface area (Å²) in [4.78, 5) is 44.5. The number of nitro groups is 2. The number of hydrogen-bond donors (Lipinski definition) is 2. The number of nitrogen functional groups attached to an aromatic ring is 1. The molecule has 8 aromatic rings. The van der Waals surface area contributed by atoms with Gasteiger partial charge in [0.25, 0.3) is 0 Å². The van der Waals surface area contributed by atoms with E-state index in [9.17, 15) is 29.0 Å². The number of anilines is 3. The van der Waals surface area contributed by atoms with Crippen LogP contribution in [0.15, 0.2) is 85.7 Å². The van der Waals surface area contributed by atoms with E-state index in [1.807, 2.05) is 72.0 Å². The Kier molecular flexibility index (Phi) is 14.7. The summed E-state index contributed by atoms with van der Waals surface area (Å²) < 4.78 is 51.1. The van der Waals surface area contributed by atoms with Crippen LogP contribution in [0.25, 0.3) is 44.6 Å². The van der Waals surface area contributed by atoms with Gasteiger partial charge in [-0.05, 0) is 48.0 Å². The maximum atomic E-state index is 13.9. The zero-order chi connectivity index (χ0) is 45.5. The molecule has 4 heterocycles. The van der Waals surface area contributed by atoms with Gasteiger partial charge in [-0.25, -0.2) is 19.9 Å². The third-order valence-corrected chi connectivity index (χ3v) is 9.38. The number of benzene rings is 4. The molecule has 8 rings (SSSR count). The molecule has 0 radical (unpaired) electrons. The zero-order valence-electron chi connectivity index (χ0n) is 34.0. The van der Waals surface area contributed by atoms with E-state index >= 15 is 0 Å². The van der Waals surface area contributed by atoms with Gasteiger partial charge in [0.2, 0.25) is 22.9 Å². The molecule has 0 aliphatic carbocycles. The second-order valence-electron chi connectivity index (χ2n) is 13.0. The number of nitrogens with two attached hydrogens (primary N) is 1. The van der Waals surface area contributed by atoms with Crippen molar-refractivity contribution >= 4 is 62.1 Å². The zero-order valence-corrected chi connectivity index (χ0v) is 34.8. The van der Waals surface area contributed by atoms with E-state index in [1.165, 1.54) is 26.9 Å². The van der Waals surface area contributed by atoms with Gasteiger partial charge in [0, 0.05) is 83.7 Å². The van der Waals surface area contributed by atoms with Crippen molar-refractivity contribution in [3.8, 4) is 45.8 Å². The van der Waals surface area contributed by atoms with Gasteiger partial charge in [-0.15, -0.1) is 0 Å². The molecule has 0 aliphatic heterocycles. The lowest BCUT2D eigenvalue weighted by atomic mass is 10.1. The molecule has 0 atom stereocenters. The number of aromatic nitrogens is 8. The van der Waals surface area contributed by atoms with Gasteiger partial charge in [0.1, 0.15) is 35.7 Å². The molecule has 0 saturated carbocycles.